The zero-order chi connectivity index (χ0) is 21.3. The molecule has 2 N–H and O–H groups in total. The molecule has 0 fully saturated rings. The van der Waals surface area contributed by atoms with E-state index in [9.17, 15) is 15.2 Å². The molecule has 0 saturated carbocycles. The average molecular weight is 400 g/mol. The smallest absolute Gasteiger partial charge is 0.275 e. The van der Waals surface area contributed by atoms with E-state index in [4.69, 9.17) is 0 Å². The van der Waals surface area contributed by atoms with Crippen LogP contribution in [0.4, 0.5) is 11.5 Å². The fraction of sp³-hybridized carbons (Fsp3) is 0.130. The number of nitro groups is 1. The maximum absolute atomic E-state index is 11.7. The third kappa shape index (κ3) is 3.65. The van der Waals surface area contributed by atoms with Gasteiger partial charge in [-0.2, -0.15) is 0 Å². The summed E-state index contributed by atoms with van der Waals surface area (Å²) in [5.41, 5.74) is 2.90. The number of hydrogen-bond donors (Lipinski definition) is 2. The number of rotatable bonds is 5. The molecule has 0 amide bonds. The van der Waals surface area contributed by atoms with Crippen molar-refractivity contribution in [1.82, 2.24) is 9.97 Å². The number of aromatic hydroxyl groups is 1. The molecule has 2 heterocycles. The van der Waals surface area contributed by atoms with E-state index < -0.39 is 11.0 Å². The van der Waals surface area contributed by atoms with Crippen molar-refractivity contribution in [2.45, 2.75) is 19.9 Å². The van der Waals surface area contributed by atoms with Crippen LogP contribution in [0.1, 0.15) is 28.6 Å². The summed E-state index contributed by atoms with van der Waals surface area (Å²) >= 11 is 0. The predicted octanol–water partition coefficient (Wildman–Crippen LogP) is 5.06. The number of fused-ring (bicyclic) bond motifs is 1. The van der Waals surface area contributed by atoms with E-state index in [2.05, 4.69) is 15.3 Å². The number of pyridine rings is 2. The minimum Gasteiger partial charge on any atom is -0.505 e. The Labute approximate surface area is 173 Å². The van der Waals surface area contributed by atoms with Crippen LogP contribution >= 0.6 is 0 Å². The van der Waals surface area contributed by atoms with Gasteiger partial charge in [-0.15, -0.1) is 0 Å². The van der Waals surface area contributed by atoms with Gasteiger partial charge in [0.2, 0.25) is 0 Å². The summed E-state index contributed by atoms with van der Waals surface area (Å²) in [6, 6.07) is 18.7. The highest BCUT2D eigenvalue weighted by Gasteiger charge is 2.27. The van der Waals surface area contributed by atoms with E-state index in [0.717, 1.165) is 16.8 Å². The molecular weight excluding hydrogens is 380 g/mol. The number of aromatic nitrogens is 2. The first-order valence-corrected chi connectivity index (χ1v) is 9.47. The molecule has 150 valence electrons. The number of aryl methyl sites for hydroxylation is 2. The summed E-state index contributed by atoms with van der Waals surface area (Å²) in [5, 5.41) is 26.8. The number of nitro benzene ring substituents is 1. The number of anilines is 1. The Balaban J connectivity index is 1.93. The fourth-order valence-corrected chi connectivity index (χ4v) is 3.51. The van der Waals surface area contributed by atoms with Crippen LogP contribution in [0.25, 0.3) is 10.9 Å². The van der Waals surface area contributed by atoms with E-state index in [1.165, 1.54) is 6.07 Å². The van der Waals surface area contributed by atoms with E-state index in [-0.39, 0.29) is 11.4 Å². The van der Waals surface area contributed by atoms with Gasteiger partial charge in [-0.05, 0) is 38.1 Å². The molecule has 0 spiro atoms. The second-order valence-electron chi connectivity index (χ2n) is 7.09. The van der Waals surface area contributed by atoms with Gasteiger partial charge in [-0.3, -0.25) is 10.1 Å². The Morgan fingerprint density at radius 2 is 1.63 bits per heavy atom. The molecule has 0 saturated heterocycles. The second-order valence-corrected chi connectivity index (χ2v) is 7.09. The van der Waals surface area contributed by atoms with E-state index in [1.807, 2.05) is 44.2 Å². The topological polar surface area (TPSA) is 101 Å². The zero-order valence-corrected chi connectivity index (χ0v) is 16.5. The quantitative estimate of drug-likeness (QED) is 0.359. The van der Waals surface area contributed by atoms with Gasteiger partial charge in [0.1, 0.15) is 17.1 Å². The monoisotopic (exact) mass is 400 g/mol. The summed E-state index contributed by atoms with van der Waals surface area (Å²) in [7, 11) is 0. The molecule has 0 aliphatic heterocycles. The summed E-state index contributed by atoms with van der Waals surface area (Å²) in [5.74, 6) is 0.536. The van der Waals surface area contributed by atoms with Crippen LogP contribution in [0.2, 0.25) is 0 Å². The summed E-state index contributed by atoms with van der Waals surface area (Å²) in [6.07, 6.45) is 0. The van der Waals surface area contributed by atoms with Gasteiger partial charge in [-0.1, -0.05) is 36.4 Å². The summed E-state index contributed by atoms with van der Waals surface area (Å²) in [6.45, 7) is 3.71. The molecule has 2 aromatic carbocycles. The molecule has 0 radical (unpaired) electrons. The average Bonchev–Trinajstić information content (AvgIpc) is 2.73. The Morgan fingerprint density at radius 1 is 0.900 bits per heavy atom. The minimum absolute atomic E-state index is 0.0143. The molecule has 7 nitrogen and oxygen atoms in total. The van der Waals surface area contributed by atoms with Crippen molar-refractivity contribution in [2.24, 2.45) is 0 Å². The van der Waals surface area contributed by atoms with Gasteiger partial charge >= 0.3 is 0 Å². The highest BCUT2D eigenvalue weighted by molar-refractivity contribution is 5.86. The number of phenolic OH excluding ortho intramolecular Hbond substituents is 1. The standard InChI is InChI=1S/C23H20N4O3/c1-14-6-5-9-20(24-14)26-22(17-7-3-4-8-19(17)27(29)30)18-13-12-16-11-10-15(2)25-21(16)23(18)28/h3-13,22,28H,1-2H3,(H,24,26)/t22-/m0/s1. The van der Waals surface area contributed by atoms with E-state index in [0.29, 0.717) is 22.5 Å². The number of phenols is 1. The Kier molecular flexibility index (Phi) is 5.02. The van der Waals surface area contributed by atoms with Crippen LogP contribution in [-0.4, -0.2) is 20.0 Å². The van der Waals surface area contributed by atoms with Gasteiger partial charge in [0.15, 0.2) is 0 Å². The highest BCUT2D eigenvalue weighted by atomic mass is 16.6. The highest BCUT2D eigenvalue weighted by Crippen LogP contribution is 2.39. The lowest BCUT2D eigenvalue weighted by atomic mass is 9.95. The summed E-state index contributed by atoms with van der Waals surface area (Å²) < 4.78 is 0. The van der Waals surface area contributed by atoms with Crippen LogP contribution in [0.3, 0.4) is 0 Å². The Morgan fingerprint density at radius 3 is 2.40 bits per heavy atom. The third-order valence-electron chi connectivity index (χ3n) is 4.94. The largest absolute Gasteiger partial charge is 0.505 e. The lowest BCUT2D eigenvalue weighted by Crippen LogP contribution is -2.15. The van der Waals surface area contributed by atoms with Gasteiger partial charge in [0.05, 0.1) is 16.5 Å². The first-order valence-electron chi connectivity index (χ1n) is 9.47. The number of nitrogens with one attached hydrogen (secondary N) is 1. The molecule has 30 heavy (non-hydrogen) atoms. The van der Waals surface area contributed by atoms with Crippen molar-refractivity contribution in [3.63, 3.8) is 0 Å². The minimum atomic E-state index is -0.701. The maximum Gasteiger partial charge on any atom is 0.275 e. The van der Waals surface area contributed by atoms with E-state index in [1.54, 1.807) is 30.3 Å². The van der Waals surface area contributed by atoms with Crippen LogP contribution in [0.15, 0.2) is 66.7 Å². The molecule has 4 rings (SSSR count). The molecular formula is C23H20N4O3. The van der Waals surface area contributed by atoms with Gasteiger partial charge in [0, 0.05) is 28.4 Å². The molecule has 0 unspecified atom stereocenters. The second kappa shape index (κ2) is 7.79. The van der Waals surface area contributed by atoms with E-state index >= 15 is 0 Å². The number of nitrogens with zero attached hydrogens (tertiary/aromatic N) is 3. The van der Waals surface area contributed by atoms with Gasteiger partial charge in [0.25, 0.3) is 5.69 Å². The molecule has 1 atom stereocenters. The van der Waals surface area contributed by atoms with Gasteiger partial charge < -0.3 is 10.4 Å². The van der Waals surface area contributed by atoms with Crippen LogP contribution in [-0.2, 0) is 0 Å². The Hall–Kier alpha value is -4.00. The zero-order valence-electron chi connectivity index (χ0n) is 16.5. The molecule has 2 aromatic heterocycles. The summed E-state index contributed by atoms with van der Waals surface area (Å²) in [4.78, 5) is 20.2. The third-order valence-corrected chi connectivity index (χ3v) is 4.94. The van der Waals surface area contributed by atoms with Crippen LogP contribution in [0.5, 0.6) is 5.75 Å². The number of benzene rings is 2. The first kappa shape index (κ1) is 19.3. The normalized spacial score (nSPS) is 11.9. The molecule has 7 heteroatoms. The Bertz CT molecular complexity index is 1260. The van der Waals surface area contributed by atoms with Crippen molar-refractivity contribution < 1.29 is 10.0 Å². The molecule has 4 aromatic rings. The van der Waals surface area contributed by atoms with Gasteiger partial charge in [-0.25, -0.2) is 9.97 Å². The van der Waals surface area contributed by atoms with Crippen molar-refractivity contribution in [2.75, 3.05) is 5.32 Å². The maximum atomic E-state index is 11.7. The molecule has 0 aliphatic rings. The molecule has 0 bridgehead atoms. The van der Waals surface area contributed by atoms with Crippen molar-refractivity contribution in [3.8, 4) is 5.75 Å². The number of hydrogen-bond acceptors (Lipinski definition) is 6. The van der Waals surface area contributed by atoms with Crippen molar-refractivity contribution >= 4 is 22.4 Å². The predicted molar refractivity (Wildman–Crippen MR) is 116 cm³/mol. The lowest BCUT2D eigenvalue weighted by molar-refractivity contribution is -0.385. The molecule has 0 aliphatic carbocycles. The number of para-hydroxylation sites is 1. The van der Waals surface area contributed by atoms with Crippen molar-refractivity contribution in [1.29, 1.82) is 0 Å². The first-order chi connectivity index (χ1) is 14.4. The SMILES string of the molecule is Cc1cccc(N[C@@H](c2ccccc2[N+](=O)[O-])c2ccc3ccc(C)nc3c2O)n1. The van der Waals surface area contributed by atoms with Crippen LogP contribution in [0, 0.1) is 24.0 Å². The van der Waals surface area contributed by atoms with Crippen LogP contribution < -0.4 is 5.32 Å². The van der Waals surface area contributed by atoms with Crippen molar-refractivity contribution in [3.05, 3.63) is 99.4 Å². The fourth-order valence-electron chi connectivity index (χ4n) is 3.51. The lowest BCUT2D eigenvalue weighted by Gasteiger charge is -2.22.